The summed E-state index contributed by atoms with van der Waals surface area (Å²) >= 11 is 0. The van der Waals surface area contributed by atoms with Gasteiger partial charge in [0, 0.05) is 7.05 Å². The Hall–Kier alpha value is -3.85. The first-order chi connectivity index (χ1) is 17.1. The third kappa shape index (κ3) is 4.66. The zero-order chi connectivity index (χ0) is 26.0. The summed E-state index contributed by atoms with van der Waals surface area (Å²) < 4.78 is 27.3. The van der Waals surface area contributed by atoms with Gasteiger partial charge in [-0.1, -0.05) is 61.7 Å². The van der Waals surface area contributed by atoms with Crippen molar-refractivity contribution in [3.63, 3.8) is 0 Å². The summed E-state index contributed by atoms with van der Waals surface area (Å²) in [5.74, 6) is -1.54. The third-order valence-electron chi connectivity index (χ3n) is 6.19. The number of hydrogen-bond donors (Lipinski definition) is 3. The van der Waals surface area contributed by atoms with Crippen LogP contribution < -0.4 is 0 Å². The minimum Gasteiger partial charge on any atom is -0.507 e. The van der Waals surface area contributed by atoms with E-state index < -0.39 is 21.7 Å². The number of sulfonamides is 1. The number of phenolic OH excluding ortho intramolecular Hbond substituents is 2. The van der Waals surface area contributed by atoms with Gasteiger partial charge in [-0.05, 0) is 49.1 Å². The Bertz CT molecular complexity index is 1510. The highest BCUT2D eigenvalue weighted by Crippen LogP contribution is 2.43. The van der Waals surface area contributed by atoms with Crippen LogP contribution in [0.5, 0.6) is 11.5 Å². The van der Waals surface area contributed by atoms with Crippen molar-refractivity contribution in [3.8, 4) is 22.6 Å². The molecule has 0 aliphatic carbocycles. The Morgan fingerprint density at radius 2 is 1.81 bits per heavy atom. The monoisotopic (exact) mass is 507 g/mol. The van der Waals surface area contributed by atoms with E-state index in [1.54, 1.807) is 42.5 Å². The molecule has 3 N–H and O–H groups in total. The standard InChI is InChI=1S/C27H29N3O5S/c1-4-5-6-11-19-16-22(31)23(18-12-9-10-17(2)15-18)25(32)24(19)26(33)30(3)36(34,35)27-28-20-13-7-8-14-21(20)29-27/h7-10,12-16,31-32H,4-6,11H2,1-3H3,(H,28,29). The SMILES string of the molecule is CCCCCc1cc(O)c(-c2cccc(C)c2)c(O)c1C(=O)N(C)S(=O)(=O)c1nc2ccccc2[nH]1. The topological polar surface area (TPSA) is 124 Å². The van der Waals surface area contributed by atoms with Crippen molar-refractivity contribution in [2.75, 3.05) is 7.05 Å². The van der Waals surface area contributed by atoms with Crippen LogP contribution in [0.15, 0.2) is 59.8 Å². The molecule has 0 spiro atoms. The normalized spacial score (nSPS) is 11.6. The number of aromatic nitrogens is 2. The number of benzene rings is 3. The van der Waals surface area contributed by atoms with Gasteiger partial charge in [0.25, 0.3) is 15.9 Å². The van der Waals surface area contributed by atoms with Crippen molar-refractivity contribution in [1.82, 2.24) is 14.3 Å². The molecular weight excluding hydrogens is 478 g/mol. The number of fused-ring (bicyclic) bond motifs is 1. The molecule has 1 amide bonds. The third-order valence-corrected chi connectivity index (χ3v) is 7.76. The smallest absolute Gasteiger partial charge is 0.300 e. The zero-order valence-corrected chi connectivity index (χ0v) is 21.3. The Balaban J connectivity index is 1.83. The number of H-pyrrole nitrogens is 1. The van der Waals surface area contributed by atoms with E-state index in [-0.39, 0.29) is 22.0 Å². The van der Waals surface area contributed by atoms with Crippen LogP contribution in [-0.2, 0) is 16.4 Å². The highest BCUT2D eigenvalue weighted by Gasteiger charge is 2.33. The molecule has 188 valence electrons. The van der Waals surface area contributed by atoms with Crippen LogP contribution in [0, 0.1) is 6.92 Å². The molecule has 4 rings (SSSR count). The number of unbranched alkanes of at least 4 members (excludes halogenated alkanes) is 2. The predicted molar refractivity (Wildman–Crippen MR) is 139 cm³/mol. The number of carbonyl (C=O) groups excluding carboxylic acids is 1. The lowest BCUT2D eigenvalue weighted by molar-refractivity contribution is 0.0878. The van der Waals surface area contributed by atoms with Gasteiger partial charge in [0.2, 0.25) is 5.16 Å². The molecule has 36 heavy (non-hydrogen) atoms. The van der Waals surface area contributed by atoms with Gasteiger partial charge in [0.1, 0.15) is 11.5 Å². The zero-order valence-electron chi connectivity index (χ0n) is 20.4. The largest absolute Gasteiger partial charge is 0.507 e. The van der Waals surface area contributed by atoms with Crippen LogP contribution in [0.1, 0.15) is 47.7 Å². The lowest BCUT2D eigenvalue weighted by atomic mass is 9.92. The fourth-order valence-corrected chi connectivity index (χ4v) is 5.26. The van der Waals surface area contributed by atoms with Crippen LogP contribution >= 0.6 is 0 Å². The summed E-state index contributed by atoms with van der Waals surface area (Å²) in [6.07, 6.45) is 2.91. The quantitative estimate of drug-likeness (QED) is 0.284. The number of rotatable bonds is 8. The molecule has 4 aromatic rings. The number of aryl methyl sites for hydroxylation is 2. The Labute approximate surface area is 210 Å². The Morgan fingerprint density at radius 3 is 2.50 bits per heavy atom. The first-order valence-corrected chi connectivity index (χ1v) is 13.2. The summed E-state index contributed by atoms with van der Waals surface area (Å²) in [5, 5.41) is 21.7. The molecule has 0 saturated carbocycles. The molecule has 0 fully saturated rings. The molecule has 0 aliphatic rings. The van der Waals surface area contributed by atoms with Gasteiger partial charge >= 0.3 is 0 Å². The number of para-hydroxylation sites is 2. The molecule has 0 saturated heterocycles. The van der Waals surface area contributed by atoms with Gasteiger partial charge < -0.3 is 15.2 Å². The predicted octanol–water partition coefficient (Wildman–Crippen LogP) is 5.14. The van der Waals surface area contributed by atoms with Crippen molar-refractivity contribution >= 4 is 27.0 Å². The van der Waals surface area contributed by atoms with E-state index in [4.69, 9.17) is 0 Å². The second kappa shape index (κ2) is 10.0. The molecule has 0 aliphatic heterocycles. The van der Waals surface area contributed by atoms with Gasteiger partial charge in [0.05, 0.1) is 22.2 Å². The lowest BCUT2D eigenvalue weighted by Gasteiger charge is -2.21. The summed E-state index contributed by atoms with van der Waals surface area (Å²) in [5.41, 5.74) is 2.69. The van der Waals surface area contributed by atoms with Gasteiger partial charge in [-0.2, -0.15) is 8.42 Å². The average molecular weight is 508 g/mol. The number of hydrogen-bond acceptors (Lipinski definition) is 6. The minimum absolute atomic E-state index is 0.0795. The van der Waals surface area contributed by atoms with E-state index in [2.05, 4.69) is 9.97 Å². The molecule has 0 atom stereocenters. The average Bonchev–Trinajstić information content (AvgIpc) is 3.29. The van der Waals surface area contributed by atoms with Crippen LogP contribution in [0.2, 0.25) is 0 Å². The maximum atomic E-state index is 13.7. The van der Waals surface area contributed by atoms with Crippen molar-refractivity contribution in [3.05, 3.63) is 71.3 Å². The molecule has 0 radical (unpaired) electrons. The van der Waals surface area contributed by atoms with Gasteiger partial charge in [0.15, 0.2) is 0 Å². The van der Waals surface area contributed by atoms with E-state index in [1.165, 1.54) is 6.07 Å². The Kier molecular flexibility index (Phi) is 7.03. The van der Waals surface area contributed by atoms with Crippen LogP contribution in [0.3, 0.4) is 0 Å². The first kappa shape index (κ1) is 25.2. The minimum atomic E-state index is -4.36. The maximum Gasteiger partial charge on any atom is 0.300 e. The van der Waals surface area contributed by atoms with Gasteiger partial charge in [-0.3, -0.25) is 4.79 Å². The first-order valence-electron chi connectivity index (χ1n) is 11.8. The lowest BCUT2D eigenvalue weighted by Crippen LogP contribution is -2.34. The van der Waals surface area contributed by atoms with E-state index in [0.717, 1.165) is 25.5 Å². The number of aromatic hydroxyl groups is 2. The molecule has 9 heteroatoms. The van der Waals surface area contributed by atoms with Crippen LogP contribution in [-0.4, -0.2) is 45.9 Å². The van der Waals surface area contributed by atoms with Crippen molar-refractivity contribution in [2.24, 2.45) is 0 Å². The fourth-order valence-electron chi connectivity index (χ4n) is 4.24. The molecule has 1 heterocycles. The number of nitrogens with one attached hydrogen (secondary N) is 1. The van der Waals surface area contributed by atoms with Crippen molar-refractivity contribution < 1.29 is 23.4 Å². The Morgan fingerprint density at radius 1 is 1.06 bits per heavy atom. The summed E-state index contributed by atoms with van der Waals surface area (Å²) in [4.78, 5) is 20.6. The molecule has 8 nitrogen and oxygen atoms in total. The number of phenols is 2. The van der Waals surface area contributed by atoms with Crippen molar-refractivity contribution in [2.45, 2.75) is 44.7 Å². The highest BCUT2D eigenvalue weighted by atomic mass is 32.2. The number of imidazole rings is 1. The summed E-state index contributed by atoms with van der Waals surface area (Å²) in [6, 6.07) is 15.4. The summed E-state index contributed by atoms with van der Waals surface area (Å²) in [6.45, 7) is 3.91. The second-order valence-corrected chi connectivity index (χ2v) is 10.7. The highest BCUT2D eigenvalue weighted by molar-refractivity contribution is 7.89. The molecule has 3 aromatic carbocycles. The number of aromatic amines is 1. The van der Waals surface area contributed by atoms with Crippen LogP contribution in [0.4, 0.5) is 0 Å². The van der Waals surface area contributed by atoms with Gasteiger partial charge in [-0.15, -0.1) is 0 Å². The van der Waals surface area contributed by atoms with E-state index >= 15 is 0 Å². The molecule has 0 unspecified atom stereocenters. The van der Waals surface area contributed by atoms with Crippen LogP contribution in [0.25, 0.3) is 22.2 Å². The number of nitrogens with zero attached hydrogens (tertiary/aromatic N) is 2. The molecular formula is C27H29N3O5S. The van der Waals surface area contributed by atoms with Gasteiger partial charge in [-0.25, -0.2) is 9.29 Å². The van der Waals surface area contributed by atoms with E-state index in [1.807, 2.05) is 19.9 Å². The number of carbonyl (C=O) groups is 1. The number of amides is 1. The molecule has 1 aromatic heterocycles. The molecule has 0 bridgehead atoms. The van der Waals surface area contributed by atoms with E-state index in [0.29, 0.717) is 39.3 Å². The maximum absolute atomic E-state index is 13.7. The van der Waals surface area contributed by atoms with E-state index in [9.17, 15) is 23.4 Å². The summed E-state index contributed by atoms with van der Waals surface area (Å²) in [7, 11) is -3.22. The fraction of sp³-hybridized carbons (Fsp3) is 0.259. The van der Waals surface area contributed by atoms with Crippen molar-refractivity contribution in [1.29, 1.82) is 0 Å². The second-order valence-electron chi connectivity index (χ2n) is 8.82.